The van der Waals surface area contributed by atoms with E-state index in [1.165, 1.54) is 36.1 Å². The van der Waals surface area contributed by atoms with Crippen LogP contribution in [0, 0.1) is 17.5 Å². The first kappa shape index (κ1) is 31.1. The van der Waals surface area contributed by atoms with Gasteiger partial charge in [0.05, 0.1) is 19.7 Å². The van der Waals surface area contributed by atoms with Crippen LogP contribution in [0.2, 0.25) is 0 Å². The predicted molar refractivity (Wildman–Crippen MR) is 165 cm³/mol. The zero-order valence-corrected chi connectivity index (χ0v) is 25.5. The molecule has 0 aliphatic carbocycles. The van der Waals surface area contributed by atoms with Gasteiger partial charge in [-0.1, -0.05) is 0 Å². The van der Waals surface area contributed by atoms with Gasteiger partial charge in [0, 0.05) is 92.7 Å². The molecule has 2 amide bonds. The van der Waals surface area contributed by atoms with Gasteiger partial charge in [-0.15, -0.1) is 0 Å². The molecule has 2 aromatic heterocycles. The summed E-state index contributed by atoms with van der Waals surface area (Å²) >= 11 is 0. The van der Waals surface area contributed by atoms with Crippen LogP contribution in [0.5, 0.6) is 5.75 Å². The second kappa shape index (κ2) is 12.9. The van der Waals surface area contributed by atoms with Gasteiger partial charge in [0.2, 0.25) is 11.8 Å². The number of fused-ring (bicyclic) bond motifs is 1. The Morgan fingerprint density at radius 2 is 1.76 bits per heavy atom. The van der Waals surface area contributed by atoms with Crippen LogP contribution >= 0.6 is 0 Å². The number of rotatable bonds is 8. The number of benzene rings is 2. The quantitative estimate of drug-likeness (QED) is 0.272. The maximum atomic E-state index is 15.6. The fourth-order valence-corrected chi connectivity index (χ4v) is 6.07. The van der Waals surface area contributed by atoms with Gasteiger partial charge in [-0.2, -0.15) is 5.10 Å². The van der Waals surface area contributed by atoms with Crippen molar-refractivity contribution in [2.24, 2.45) is 7.05 Å². The molecule has 242 valence electrons. The largest absolute Gasteiger partial charge is 0.496 e. The molecule has 0 saturated carbocycles. The molecule has 2 aliphatic heterocycles. The number of hydrogen-bond acceptors (Lipinski definition) is 7. The molecule has 3 N–H and O–H groups in total. The third-order valence-corrected chi connectivity index (χ3v) is 8.68. The summed E-state index contributed by atoms with van der Waals surface area (Å²) in [7, 11) is 3.07. The number of nitrogens with one attached hydrogen (secondary N) is 3. The van der Waals surface area contributed by atoms with Crippen LogP contribution in [-0.4, -0.2) is 82.3 Å². The molecule has 46 heavy (non-hydrogen) atoms. The molecular weight excluding hydrogens is 603 g/mol. The molecule has 1 atom stereocenters. The fourth-order valence-electron chi connectivity index (χ4n) is 6.07. The Morgan fingerprint density at radius 3 is 2.43 bits per heavy atom. The van der Waals surface area contributed by atoms with E-state index in [4.69, 9.17) is 4.74 Å². The summed E-state index contributed by atoms with van der Waals surface area (Å²) in [6.07, 6.45) is 3.63. The number of aromatic amines is 1. The van der Waals surface area contributed by atoms with Gasteiger partial charge in [-0.25, -0.2) is 13.2 Å². The van der Waals surface area contributed by atoms with Gasteiger partial charge >= 0.3 is 0 Å². The number of pyridine rings is 1. The monoisotopic (exact) mass is 637 g/mol. The second-order valence-corrected chi connectivity index (χ2v) is 11.7. The number of H-pyrrole nitrogens is 1. The number of amides is 2. The number of nitrogens with zero attached hydrogens (tertiary/aromatic N) is 4. The number of carbonyl (C=O) groups excluding carboxylic acids is 2. The molecule has 0 radical (unpaired) electrons. The number of piperidine rings is 1. The normalized spacial score (nSPS) is 17.3. The van der Waals surface area contributed by atoms with Crippen LogP contribution in [0.4, 0.5) is 18.9 Å². The highest BCUT2D eigenvalue weighted by Gasteiger charge is 2.26. The number of aryl methyl sites for hydroxylation is 1. The average Bonchev–Trinajstić information content (AvgIpc) is 3.53. The molecular formula is C32H34F3N7O4. The van der Waals surface area contributed by atoms with Crippen molar-refractivity contribution in [3.8, 4) is 16.9 Å². The molecule has 11 nitrogen and oxygen atoms in total. The first-order chi connectivity index (χ1) is 22.1. The summed E-state index contributed by atoms with van der Waals surface area (Å²) < 4.78 is 52.4. The van der Waals surface area contributed by atoms with Crippen molar-refractivity contribution in [3.05, 3.63) is 75.6 Å². The van der Waals surface area contributed by atoms with E-state index in [0.29, 0.717) is 78.9 Å². The van der Waals surface area contributed by atoms with E-state index in [1.54, 1.807) is 24.2 Å². The summed E-state index contributed by atoms with van der Waals surface area (Å²) in [6.45, 7) is 2.08. The van der Waals surface area contributed by atoms with Crippen LogP contribution in [0.15, 0.2) is 41.5 Å². The second-order valence-electron chi connectivity index (χ2n) is 11.7. The Balaban J connectivity index is 1.09. The summed E-state index contributed by atoms with van der Waals surface area (Å²) in [5.41, 5.74) is 1.54. The first-order valence-electron chi connectivity index (χ1n) is 15.0. The van der Waals surface area contributed by atoms with E-state index in [9.17, 15) is 23.2 Å². The standard InChI is InChI=1S/C32H34F3N7O4/c1-40-16-23(22-15-37-39-31(22)32(40)45)18-9-25(33)24(28(10-18)46-2)17-41-5-7-42(8-6-41)30(44)13-21-26(34)11-20(12-27(21)35)38-19-3-4-29(43)36-14-19/h9-12,15-16,19,38H,3-8,13-14,17H2,1-2H3,(H,36,43)(H,37,39). The molecule has 1 unspecified atom stereocenters. The molecule has 4 aromatic rings. The van der Waals surface area contributed by atoms with E-state index in [-0.39, 0.29) is 35.3 Å². The van der Waals surface area contributed by atoms with E-state index >= 15 is 4.39 Å². The maximum Gasteiger partial charge on any atom is 0.276 e. The Bertz CT molecular complexity index is 1830. The van der Waals surface area contributed by atoms with Crippen molar-refractivity contribution in [3.63, 3.8) is 0 Å². The lowest BCUT2D eigenvalue weighted by atomic mass is 10.0. The Morgan fingerprint density at radius 1 is 1.04 bits per heavy atom. The van der Waals surface area contributed by atoms with Crippen LogP contribution in [-0.2, 0) is 29.6 Å². The van der Waals surface area contributed by atoms with Crippen molar-refractivity contribution in [1.82, 2.24) is 29.9 Å². The van der Waals surface area contributed by atoms with Gasteiger partial charge in [0.15, 0.2) is 0 Å². The van der Waals surface area contributed by atoms with Crippen LogP contribution < -0.4 is 20.9 Å². The van der Waals surface area contributed by atoms with E-state index in [2.05, 4.69) is 20.8 Å². The SMILES string of the molecule is COc1cc(-c2cn(C)c(=O)c3[nH]ncc23)cc(F)c1CN1CCN(C(=O)Cc2c(F)cc(NC3CCC(=O)NC3)cc2F)CC1. The smallest absolute Gasteiger partial charge is 0.276 e. The molecule has 2 fully saturated rings. The highest BCUT2D eigenvalue weighted by Crippen LogP contribution is 2.33. The third-order valence-electron chi connectivity index (χ3n) is 8.68. The van der Waals surface area contributed by atoms with Crippen molar-refractivity contribution >= 4 is 28.4 Å². The van der Waals surface area contributed by atoms with Gasteiger partial charge in [-0.3, -0.25) is 24.4 Å². The maximum absolute atomic E-state index is 15.6. The van der Waals surface area contributed by atoms with Gasteiger partial charge in [0.25, 0.3) is 5.56 Å². The molecule has 14 heteroatoms. The zero-order chi connectivity index (χ0) is 32.5. The number of piperazine rings is 1. The van der Waals surface area contributed by atoms with Crippen molar-refractivity contribution in [2.45, 2.75) is 31.8 Å². The van der Waals surface area contributed by atoms with Crippen LogP contribution in [0.25, 0.3) is 22.0 Å². The summed E-state index contributed by atoms with van der Waals surface area (Å²) in [4.78, 5) is 40.3. The fraction of sp³-hybridized carbons (Fsp3) is 0.375. The Hall–Kier alpha value is -4.85. The van der Waals surface area contributed by atoms with E-state index < -0.39 is 29.8 Å². The lowest BCUT2D eigenvalue weighted by Crippen LogP contribution is -2.48. The number of anilines is 1. The summed E-state index contributed by atoms with van der Waals surface area (Å²) in [5, 5.41) is 13.0. The van der Waals surface area contributed by atoms with Gasteiger partial charge in [-0.05, 0) is 36.2 Å². The van der Waals surface area contributed by atoms with Gasteiger partial charge < -0.3 is 24.8 Å². The number of halogens is 3. The van der Waals surface area contributed by atoms with E-state index in [1.807, 2.05) is 4.90 Å². The lowest BCUT2D eigenvalue weighted by molar-refractivity contribution is -0.132. The minimum Gasteiger partial charge on any atom is -0.496 e. The van der Waals surface area contributed by atoms with Crippen LogP contribution in [0.3, 0.4) is 0 Å². The van der Waals surface area contributed by atoms with E-state index in [0.717, 1.165) is 0 Å². The lowest BCUT2D eigenvalue weighted by Gasteiger charge is -2.35. The van der Waals surface area contributed by atoms with Gasteiger partial charge in [0.1, 0.15) is 28.7 Å². The Kier molecular flexibility index (Phi) is 8.71. The number of carbonyl (C=O) groups is 2. The van der Waals surface area contributed by atoms with Crippen LogP contribution in [0.1, 0.15) is 24.0 Å². The van der Waals surface area contributed by atoms with Crippen molar-refractivity contribution in [1.29, 1.82) is 0 Å². The molecule has 0 bridgehead atoms. The number of aromatic nitrogens is 3. The molecule has 2 aromatic carbocycles. The minimum absolute atomic E-state index is 0.0537. The number of ether oxygens (including phenoxy) is 1. The number of methoxy groups -OCH3 is 1. The summed E-state index contributed by atoms with van der Waals surface area (Å²) in [5.74, 6) is -2.21. The molecule has 6 rings (SSSR count). The topological polar surface area (TPSA) is 125 Å². The van der Waals surface area contributed by atoms with Crippen molar-refractivity contribution < 1.29 is 27.5 Å². The molecule has 0 spiro atoms. The highest BCUT2D eigenvalue weighted by molar-refractivity contribution is 5.93. The zero-order valence-electron chi connectivity index (χ0n) is 25.5. The molecule has 2 saturated heterocycles. The first-order valence-corrected chi connectivity index (χ1v) is 15.0. The third kappa shape index (κ3) is 6.29. The predicted octanol–water partition coefficient (Wildman–Crippen LogP) is 2.93. The number of hydrogen-bond donors (Lipinski definition) is 3. The molecule has 2 aliphatic rings. The molecule has 4 heterocycles. The average molecular weight is 638 g/mol. The van der Waals surface area contributed by atoms with Crippen molar-refractivity contribution in [2.75, 3.05) is 45.2 Å². The Labute approximate surface area is 262 Å². The summed E-state index contributed by atoms with van der Waals surface area (Å²) in [6, 6.07) is 5.33. The highest BCUT2D eigenvalue weighted by atomic mass is 19.1. The minimum atomic E-state index is -0.813.